The van der Waals surface area contributed by atoms with E-state index in [1.165, 1.54) is 24.0 Å². The fourth-order valence-electron chi connectivity index (χ4n) is 3.27. The van der Waals surface area contributed by atoms with Crippen LogP contribution < -0.4 is 5.32 Å². The first-order valence-corrected chi connectivity index (χ1v) is 7.34. The zero-order valence-electron chi connectivity index (χ0n) is 11.6. The van der Waals surface area contributed by atoms with E-state index in [0.29, 0.717) is 19.2 Å². The second kappa shape index (κ2) is 5.23. The summed E-state index contributed by atoms with van der Waals surface area (Å²) >= 11 is 0. The lowest BCUT2D eigenvalue weighted by Crippen LogP contribution is -2.47. The van der Waals surface area contributed by atoms with Gasteiger partial charge in [0, 0.05) is 25.6 Å². The van der Waals surface area contributed by atoms with Crippen molar-refractivity contribution >= 4 is 0 Å². The number of hydrogen-bond acceptors (Lipinski definition) is 3. The van der Waals surface area contributed by atoms with E-state index < -0.39 is 5.60 Å². The molecule has 1 fully saturated rings. The Morgan fingerprint density at radius 1 is 1.42 bits per heavy atom. The number of aryl methyl sites for hydroxylation is 1. The van der Waals surface area contributed by atoms with E-state index >= 15 is 0 Å². The zero-order chi connectivity index (χ0) is 13.3. The predicted molar refractivity (Wildman–Crippen MR) is 75.1 cm³/mol. The average Bonchev–Trinajstić information content (AvgIpc) is 2.77. The molecule has 2 N–H and O–H groups in total. The summed E-state index contributed by atoms with van der Waals surface area (Å²) in [6, 6.07) is 9.03. The molecule has 0 saturated carbocycles. The minimum absolute atomic E-state index is 0.0705. The van der Waals surface area contributed by atoms with Crippen molar-refractivity contribution in [2.75, 3.05) is 13.2 Å². The van der Waals surface area contributed by atoms with Crippen molar-refractivity contribution in [2.24, 2.45) is 0 Å². The van der Waals surface area contributed by atoms with E-state index in [0.717, 1.165) is 12.8 Å². The van der Waals surface area contributed by atoms with Gasteiger partial charge >= 0.3 is 0 Å². The SMILES string of the molecule is CC1OCCC1(O)CNC1CCCc2ccccc21. The normalized spacial score (nSPS) is 34.2. The summed E-state index contributed by atoms with van der Waals surface area (Å²) in [6.45, 7) is 3.25. The third-order valence-corrected chi connectivity index (χ3v) is 4.68. The third-order valence-electron chi connectivity index (χ3n) is 4.68. The molecule has 1 aliphatic heterocycles. The average molecular weight is 261 g/mol. The highest BCUT2D eigenvalue weighted by molar-refractivity contribution is 5.32. The fourth-order valence-corrected chi connectivity index (χ4v) is 3.27. The molecule has 0 bridgehead atoms. The maximum absolute atomic E-state index is 10.6. The fraction of sp³-hybridized carbons (Fsp3) is 0.625. The lowest BCUT2D eigenvalue weighted by molar-refractivity contribution is -0.0280. The Kier molecular flexibility index (Phi) is 3.61. The molecule has 2 aliphatic rings. The van der Waals surface area contributed by atoms with Crippen molar-refractivity contribution < 1.29 is 9.84 Å². The van der Waals surface area contributed by atoms with Crippen LogP contribution in [0.5, 0.6) is 0 Å². The van der Waals surface area contributed by atoms with Crippen molar-refractivity contribution in [1.29, 1.82) is 0 Å². The van der Waals surface area contributed by atoms with E-state index in [-0.39, 0.29) is 6.10 Å². The Balaban J connectivity index is 1.68. The van der Waals surface area contributed by atoms with Gasteiger partial charge in [-0.3, -0.25) is 0 Å². The summed E-state index contributed by atoms with van der Waals surface area (Å²) < 4.78 is 5.49. The van der Waals surface area contributed by atoms with Gasteiger partial charge in [-0.25, -0.2) is 0 Å². The van der Waals surface area contributed by atoms with Gasteiger partial charge in [-0.05, 0) is 37.3 Å². The van der Waals surface area contributed by atoms with E-state index in [2.05, 4.69) is 29.6 Å². The number of aliphatic hydroxyl groups is 1. The van der Waals surface area contributed by atoms with E-state index in [1.807, 2.05) is 6.92 Å². The van der Waals surface area contributed by atoms with Gasteiger partial charge in [-0.1, -0.05) is 24.3 Å². The van der Waals surface area contributed by atoms with Crippen LogP contribution in [-0.4, -0.2) is 30.0 Å². The van der Waals surface area contributed by atoms with Crippen molar-refractivity contribution in [3.05, 3.63) is 35.4 Å². The molecule has 19 heavy (non-hydrogen) atoms. The number of nitrogens with one attached hydrogen (secondary N) is 1. The van der Waals surface area contributed by atoms with Gasteiger partial charge in [0.25, 0.3) is 0 Å². The first kappa shape index (κ1) is 13.1. The van der Waals surface area contributed by atoms with Gasteiger partial charge in [0.15, 0.2) is 0 Å². The van der Waals surface area contributed by atoms with E-state index in [9.17, 15) is 5.11 Å². The van der Waals surface area contributed by atoms with Crippen LogP contribution in [-0.2, 0) is 11.2 Å². The molecule has 3 atom stereocenters. The molecule has 3 nitrogen and oxygen atoms in total. The van der Waals surface area contributed by atoms with Crippen molar-refractivity contribution in [2.45, 2.75) is 50.4 Å². The molecule has 3 unspecified atom stereocenters. The molecule has 1 aromatic carbocycles. The van der Waals surface area contributed by atoms with Crippen LogP contribution in [0.15, 0.2) is 24.3 Å². The third kappa shape index (κ3) is 2.55. The minimum Gasteiger partial charge on any atom is -0.386 e. The monoisotopic (exact) mass is 261 g/mol. The highest BCUT2D eigenvalue weighted by Gasteiger charge is 2.39. The second-order valence-electron chi connectivity index (χ2n) is 5.89. The maximum Gasteiger partial charge on any atom is 0.105 e. The van der Waals surface area contributed by atoms with Crippen LogP contribution in [0.4, 0.5) is 0 Å². The predicted octanol–water partition coefficient (Wildman–Crippen LogP) is 2.19. The number of benzene rings is 1. The first-order valence-electron chi connectivity index (χ1n) is 7.34. The molecular formula is C16H23NO2. The molecule has 1 aliphatic carbocycles. The van der Waals surface area contributed by atoms with Crippen molar-refractivity contribution in [3.63, 3.8) is 0 Å². The van der Waals surface area contributed by atoms with Crippen LogP contribution in [0.1, 0.15) is 43.4 Å². The number of fused-ring (bicyclic) bond motifs is 1. The first-order chi connectivity index (χ1) is 9.19. The zero-order valence-corrected chi connectivity index (χ0v) is 11.6. The largest absolute Gasteiger partial charge is 0.386 e. The molecule has 3 rings (SSSR count). The summed E-state index contributed by atoms with van der Waals surface area (Å²) in [6.07, 6.45) is 4.22. The number of hydrogen-bond donors (Lipinski definition) is 2. The molecule has 0 aromatic heterocycles. The summed E-state index contributed by atoms with van der Waals surface area (Å²) in [5.74, 6) is 0. The molecule has 104 valence electrons. The highest BCUT2D eigenvalue weighted by atomic mass is 16.5. The Morgan fingerprint density at radius 3 is 3.05 bits per heavy atom. The van der Waals surface area contributed by atoms with E-state index in [1.54, 1.807) is 0 Å². The van der Waals surface area contributed by atoms with Crippen LogP contribution in [0.2, 0.25) is 0 Å². The van der Waals surface area contributed by atoms with Crippen molar-refractivity contribution in [1.82, 2.24) is 5.32 Å². The van der Waals surface area contributed by atoms with Crippen LogP contribution >= 0.6 is 0 Å². The molecule has 3 heteroatoms. The molecular weight excluding hydrogens is 238 g/mol. The lowest BCUT2D eigenvalue weighted by Gasteiger charge is -2.32. The van der Waals surface area contributed by atoms with Gasteiger partial charge in [0.05, 0.1) is 6.10 Å². The number of rotatable bonds is 3. The van der Waals surface area contributed by atoms with Gasteiger partial charge in [0.1, 0.15) is 5.60 Å². The Morgan fingerprint density at radius 2 is 2.26 bits per heavy atom. The minimum atomic E-state index is -0.702. The summed E-state index contributed by atoms with van der Waals surface area (Å²) in [5, 5.41) is 14.1. The van der Waals surface area contributed by atoms with Crippen LogP contribution in [0.25, 0.3) is 0 Å². The molecule has 1 aromatic rings. The molecule has 0 amide bonds. The van der Waals surface area contributed by atoms with Crippen LogP contribution in [0, 0.1) is 0 Å². The van der Waals surface area contributed by atoms with Gasteiger partial charge in [0.2, 0.25) is 0 Å². The topological polar surface area (TPSA) is 41.5 Å². The molecule has 1 saturated heterocycles. The molecule has 0 radical (unpaired) electrons. The summed E-state index contributed by atoms with van der Waals surface area (Å²) in [7, 11) is 0. The standard InChI is InChI=1S/C16H23NO2/c1-12-16(18,9-10-19-12)11-17-15-8-4-6-13-5-2-3-7-14(13)15/h2-3,5,7,12,15,17-18H,4,6,8-11H2,1H3. The summed E-state index contributed by atoms with van der Waals surface area (Å²) in [5.41, 5.74) is 2.16. The summed E-state index contributed by atoms with van der Waals surface area (Å²) in [4.78, 5) is 0. The Labute approximate surface area is 115 Å². The Hall–Kier alpha value is -0.900. The second-order valence-corrected chi connectivity index (χ2v) is 5.89. The van der Waals surface area contributed by atoms with Gasteiger partial charge < -0.3 is 15.2 Å². The lowest BCUT2D eigenvalue weighted by atomic mass is 9.87. The smallest absolute Gasteiger partial charge is 0.105 e. The van der Waals surface area contributed by atoms with Gasteiger partial charge in [-0.2, -0.15) is 0 Å². The highest BCUT2D eigenvalue weighted by Crippen LogP contribution is 2.31. The van der Waals surface area contributed by atoms with Crippen molar-refractivity contribution in [3.8, 4) is 0 Å². The van der Waals surface area contributed by atoms with E-state index in [4.69, 9.17) is 4.74 Å². The number of ether oxygens (including phenoxy) is 1. The quantitative estimate of drug-likeness (QED) is 0.876. The maximum atomic E-state index is 10.6. The molecule has 0 spiro atoms. The van der Waals surface area contributed by atoms with Gasteiger partial charge in [-0.15, -0.1) is 0 Å². The Bertz CT molecular complexity index is 448. The molecule has 1 heterocycles. The van der Waals surface area contributed by atoms with Crippen LogP contribution in [0.3, 0.4) is 0 Å².